The smallest absolute Gasteiger partial charge is 0.326 e. The van der Waals surface area contributed by atoms with Gasteiger partial charge < -0.3 is 15.0 Å². The number of esters is 1. The maximum atomic E-state index is 12.4. The van der Waals surface area contributed by atoms with Crippen LogP contribution in [0.25, 0.3) is 0 Å². The Morgan fingerprint density at radius 3 is 2.38 bits per heavy atom. The minimum absolute atomic E-state index is 0.00878. The van der Waals surface area contributed by atoms with Crippen molar-refractivity contribution in [2.75, 3.05) is 27.2 Å². The molecule has 1 aromatic carbocycles. The van der Waals surface area contributed by atoms with Gasteiger partial charge in [0, 0.05) is 6.54 Å². The fourth-order valence-corrected chi connectivity index (χ4v) is 4.23. The highest BCUT2D eigenvalue weighted by atomic mass is 16.6. The summed E-state index contributed by atoms with van der Waals surface area (Å²) in [6, 6.07) is 10.2. The summed E-state index contributed by atoms with van der Waals surface area (Å²) in [5.41, 5.74) is 0.347. The van der Waals surface area contributed by atoms with Crippen molar-refractivity contribution in [3.8, 4) is 0 Å². The summed E-state index contributed by atoms with van der Waals surface area (Å²) in [7, 11) is 4.16. The van der Waals surface area contributed by atoms with Crippen LogP contribution in [0.3, 0.4) is 0 Å². The molecular weight excluding hydrogens is 330 g/mol. The average Bonchev–Trinajstić information content (AvgIpc) is 2.80. The summed E-state index contributed by atoms with van der Waals surface area (Å²) >= 11 is 0. The van der Waals surface area contributed by atoms with Crippen molar-refractivity contribution < 1.29 is 14.3 Å². The molecule has 0 radical (unpaired) electrons. The van der Waals surface area contributed by atoms with Gasteiger partial charge in [-0.15, -0.1) is 0 Å². The Balaban J connectivity index is 1.69. The van der Waals surface area contributed by atoms with E-state index in [4.69, 9.17) is 4.74 Å². The molecule has 6 heteroatoms. The van der Waals surface area contributed by atoms with Crippen molar-refractivity contribution in [1.29, 1.82) is 0 Å². The zero-order chi connectivity index (χ0) is 19.2. The fraction of sp³-hybridized carbons (Fsp3) is 0.600. The Morgan fingerprint density at radius 2 is 1.85 bits per heavy atom. The number of nitrogens with one attached hydrogen (secondary N) is 1. The molecule has 1 heterocycles. The Bertz CT molecular complexity index is 688. The van der Waals surface area contributed by atoms with E-state index in [0.29, 0.717) is 6.54 Å². The van der Waals surface area contributed by atoms with E-state index >= 15 is 0 Å². The molecule has 1 aliphatic carbocycles. The van der Waals surface area contributed by atoms with Crippen molar-refractivity contribution in [1.82, 2.24) is 15.1 Å². The van der Waals surface area contributed by atoms with Crippen LogP contribution in [0, 0.1) is 0 Å². The van der Waals surface area contributed by atoms with E-state index < -0.39 is 5.60 Å². The Labute approximate surface area is 155 Å². The third kappa shape index (κ3) is 3.43. The van der Waals surface area contributed by atoms with Crippen molar-refractivity contribution in [3.05, 3.63) is 35.9 Å². The van der Waals surface area contributed by atoms with Crippen LogP contribution in [0.5, 0.6) is 0 Å². The predicted molar refractivity (Wildman–Crippen MR) is 99.7 cm³/mol. The molecule has 26 heavy (non-hydrogen) atoms. The molecule has 2 aliphatic rings. The van der Waals surface area contributed by atoms with Crippen molar-refractivity contribution in [2.24, 2.45) is 0 Å². The van der Waals surface area contributed by atoms with Gasteiger partial charge in [-0.3, -0.25) is 9.69 Å². The van der Waals surface area contributed by atoms with Crippen LogP contribution in [0.4, 0.5) is 4.79 Å². The number of amides is 2. The topological polar surface area (TPSA) is 61.9 Å². The van der Waals surface area contributed by atoms with E-state index in [0.717, 1.165) is 12.8 Å². The van der Waals surface area contributed by atoms with E-state index in [1.165, 1.54) is 5.56 Å². The van der Waals surface area contributed by atoms with Gasteiger partial charge in [0.2, 0.25) is 0 Å². The fourth-order valence-electron chi connectivity index (χ4n) is 4.23. The number of rotatable bonds is 4. The minimum atomic E-state index is -0.547. The molecule has 0 aromatic heterocycles. The predicted octanol–water partition coefficient (Wildman–Crippen LogP) is 2.34. The molecule has 1 aliphatic heterocycles. The van der Waals surface area contributed by atoms with Gasteiger partial charge in [-0.05, 0) is 53.3 Å². The molecule has 1 aromatic rings. The van der Waals surface area contributed by atoms with Crippen LogP contribution in [-0.2, 0) is 15.1 Å². The second-order valence-electron chi connectivity index (χ2n) is 8.80. The SMILES string of the molecule is CN(C)[C@]1(c2ccccc2)C[C@@]2(CN(CC(=O)OC(C)(C)C)C(=O)N2)C1. The second kappa shape index (κ2) is 6.27. The number of hydrogen-bond acceptors (Lipinski definition) is 4. The number of hydrogen-bond donors (Lipinski definition) is 1. The molecule has 0 unspecified atom stereocenters. The Kier molecular flexibility index (Phi) is 4.51. The molecular formula is C20H29N3O3. The van der Waals surface area contributed by atoms with Crippen molar-refractivity contribution in [3.63, 3.8) is 0 Å². The monoisotopic (exact) mass is 359 g/mol. The van der Waals surface area contributed by atoms with Crippen molar-refractivity contribution >= 4 is 12.0 Å². The Morgan fingerprint density at radius 1 is 1.23 bits per heavy atom. The average molecular weight is 359 g/mol. The molecule has 0 atom stereocenters. The quantitative estimate of drug-likeness (QED) is 0.839. The molecule has 3 rings (SSSR count). The van der Waals surface area contributed by atoms with E-state index in [2.05, 4.69) is 36.4 Å². The lowest BCUT2D eigenvalue weighted by Crippen LogP contribution is -2.66. The zero-order valence-corrected chi connectivity index (χ0v) is 16.3. The standard InChI is InChI=1S/C20H29N3O3/c1-18(2,3)26-16(24)11-23-14-19(21-17(23)25)12-20(13-19,22(4)5)15-9-7-6-8-10-15/h6-10H,11-14H2,1-5H3,(H,21,25)/t19-,20+. The summed E-state index contributed by atoms with van der Waals surface area (Å²) < 4.78 is 5.35. The van der Waals surface area contributed by atoms with Crippen LogP contribution in [0.1, 0.15) is 39.2 Å². The molecule has 1 saturated carbocycles. The first-order valence-corrected chi connectivity index (χ1v) is 9.07. The van der Waals surface area contributed by atoms with Gasteiger partial charge in [-0.2, -0.15) is 0 Å². The minimum Gasteiger partial charge on any atom is -0.459 e. The highest BCUT2D eigenvalue weighted by Gasteiger charge is 2.61. The van der Waals surface area contributed by atoms with Gasteiger partial charge in [0.1, 0.15) is 12.1 Å². The zero-order valence-electron chi connectivity index (χ0n) is 16.3. The van der Waals surface area contributed by atoms with Gasteiger partial charge >= 0.3 is 12.0 Å². The first-order chi connectivity index (χ1) is 12.1. The maximum absolute atomic E-state index is 12.4. The molecule has 0 bridgehead atoms. The van der Waals surface area contributed by atoms with Crippen LogP contribution >= 0.6 is 0 Å². The van der Waals surface area contributed by atoms with Crippen LogP contribution in [0.2, 0.25) is 0 Å². The van der Waals surface area contributed by atoms with Gasteiger partial charge in [0.25, 0.3) is 0 Å². The third-order valence-corrected chi connectivity index (χ3v) is 5.32. The number of ether oxygens (including phenoxy) is 1. The van der Waals surface area contributed by atoms with E-state index in [9.17, 15) is 9.59 Å². The summed E-state index contributed by atoms with van der Waals surface area (Å²) in [6.07, 6.45) is 1.65. The Hall–Kier alpha value is -2.08. The molecule has 6 nitrogen and oxygen atoms in total. The molecule has 142 valence electrons. The highest BCUT2D eigenvalue weighted by molar-refractivity contribution is 5.84. The largest absolute Gasteiger partial charge is 0.459 e. The van der Waals surface area contributed by atoms with Gasteiger partial charge in [-0.1, -0.05) is 30.3 Å². The lowest BCUT2D eigenvalue weighted by molar-refractivity contribution is -0.155. The van der Waals surface area contributed by atoms with E-state index in [1.54, 1.807) is 4.90 Å². The first-order valence-electron chi connectivity index (χ1n) is 9.07. The van der Waals surface area contributed by atoms with Crippen molar-refractivity contribution in [2.45, 2.75) is 50.3 Å². The maximum Gasteiger partial charge on any atom is 0.326 e. The molecule has 1 saturated heterocycles. The molecule has 1 N–H and O–H groups in total. The summed E-state index contributed by atoms with van der Waals surface area (Å²) in [5.74, 6) is -0.369. The van der Waals surface area contributed by atoms with Gasteiger partial charge in [0.05, 0.1) is 11.1 Å². The van der Waals surface area contributed by atoms with E-state index in [1.807, 2.05) is 39.0 Å². The number of carbonyl (C=O) groups excluding carboxylic acids is 2. The lowest BCUT2D eigenvalue weighted by Gasteiger charge is -2.57. The first kappa shape index (κ1) is 18.7. The second-order valence-corrected chi connectivity index (χ2v) is 8.80. The summed E-state index contributed by atoms with van der Waals surface area (Å²) in [5, 5.41) is 3.12. The lowest BCUT2D eigenvalue weighted by atomic mass is 9.59. The highest BCUT2D eigenvalue weighted by Crippen LogP contribution is 2.53. The normalized spacial score (nSPS) is 28.2. The van der Waals surface area contributed by atoms with Gasteiger partial charge in [-0.25, -0.2) is 4.79 Å². The van der Waals surface area contributed by atoms with Crippen LogP contribution < -0.4 is 5.32 Å². The number of carbonyl (C=O) groups is 2. The van der Waals surface area contributed by atoms with Crippen LogP contribution in [0.15, 0.2) is 30.3 Å². The van der Waals surface area contributed by atoms with E-state index in [-0.39, 0.29) is 29.6 Å². The summed E-state index contributed by atoms with van der Waals surface area (Å²) in [6.45, 7) is 6.01. The summed E-state index contributed by atoms with van der Waals surface area (Å²) in [4.78, 5) is 28.3. The van der Waals surface area contributed by atoms with Gasteiger partial charge in [0.15, 0.2) is 0 Å². The molecule has 2 fully saturated rings. The number of benzene rings is 1. The van der Waals surface area contributed by atoms with Crippen LogP contribution in [-0.4, -0.2) is 60.1 Å². The molecule has 2 amide bonds. The number of urea groups is 1. The number of nitrogens with zero attached hydrogens (tertiary/aromatic N) is 2. The third-order valence-electron chi connectivity index (χ3n) is 5.32. The molecule has 1 spiro atoms.